The second-order valence-electron chi connectivity index (χ2n) is 7.21. The molecule has 0 N–H and O–H groups in total. The zero-order valence-electron chi connectivity index (χ0n) is 15.9. The van der Waals surface area contributed by atoms with Gasteiger partial charge in [0, 0.05) is 31.7 Å². The quantitative estimate of drug-likeness (QED) is 0.832. The van der Waals surface area contributed by atoms with E-state index in [-0.39, 0.29) is 5.91 Å². The Morgan fingerprint density at radius 2 is 1.78 bits per heavy atom. The lowest BCUT2D eigenvalue weighted by Crippen LogP contribution is -2.49. The van der Waals surface area contributed by atoms with Gasteiger partial charge in [0.15, 0.2) is 0 Å². The first kappa shape index (κ1) is 17.8. The lowest BCUT2D eigenvalue weighted by Gasteiger charge is -2.35. The molecular formula is C23H26N2O2. The maximum Gasteiger partial charge on any atom is 0.253 e. The molecule has 140 valence electrons. The highest BCUT2D eigenvalue weighted by molar-refractivity contribution is 5.99. The molecule has 2 heterocycles. The van der Waals surface area contributed by atoms with Gasteiger partial charge in [0.2, 0.25) is 0 Å². The molecule has 0 spiro atoms. The number of amides is 1. The number of carbonyl (C=O) groups excluding carboxylic acids is 1. The second kappa shape index (κ2) is 7.97. The molecule has 0 atom stereocenters. The van der Waals surface area contributed by atoms with Crippen LogP contribution < -0.4 is 4.74 Å². The fraction of sp³-hybridized carbons (Fsp3) is 0.348. The van der Waals surface area contributed by atoms with E-state index in [1.54, 1.807) is 0 Å². The Morgan fingerprint density at radius 3 is 2.52 bits per heavy atom. The van der Waals surface area contributed by atoms with Crippen LogP contribution in [-0.2, 0) is 4.79 Å². The Hall–Kier alpha value is -2.59. The number of nitrogens with zero attached hydrogens (tertiary/aromatic N) is 2. The third kappa shape index (κ3) is 3.91. The molecule has 2 aromatic rings. The molecule has 1 fully saturated rings. The monoisotopic (exact) mass is 362 g/mol. The van der Waals surface area contributed by atoms with E-state index in [2.05, 4.69) is 36.1 Å². The van der Waals surface area contributed by atoms with Crippen LogP contribution in [0.3, 0.4) is 0 Å². The number of hydrogen-bond acceptors (Lipinski definition) is 3. The predicted molar refractivity (Wildman–Crippen MR) is 109 cm³/mol. The van der Waals surface area contributed by atoms with E-state index in [9.17, 15) is 4.79 Å². The maximum atomic E-state index is 12.9. The van der Waals surface area contributed by atoms with Gasteiger partial charge in [0.25, 0.3) is 5.91 Å². The summed E-state index contributed by atoms with van der Waals surface area (Å²) in [6.07, 6.45) is 3.17. The summed E-state index contributed by atoms with van der Waals surface area (Å²) in [6, 6.07) is 16.5. The van der Waals surface area contributed by atoms with Crippen molar-refractivity contribution in [3.63, 3.8) is 0 Å². The second-order valence-corrected chi connectivity index (χ2v) is 7.21. The summed E-state index contributed by atoms with van der Waals surface area (Å²) < 4.78 is 5.87. The first-order chi connectivity index (χ1) is 13.2. The molecule has 0 radical (unpaired) electrons. The van der Waals surface area contributed by atoms with Gasteiger partial charge in [-0.05, 0) is 42.3 Å². The van der Waals surface area contributed by atoms with Crippen molar-refractivity contribution in [1.82, 2.24) is 9.80 Å². The van der Waals surface area contributed by atoms with Crippen molar-refractivity contribution in [2.24, 2.45) is 0 Å². The van der Waals surface area contributed by atoms with Crippen LogP contribution in [0.1, 0.15) is 18.9 Å². The van der Waals surface area contributed by atoms with Crippen molar-refractivity contribution in [2.75, 3.05) is 39.3 Å². The average Bonchev–Trinajstić information content (AvgIpc) is 2.74. The summed E-state index contributed by atoms with van der Waals surface area (Å²) in [6.45, 7) is 7.18. The molecule has 0 aromatic heterocycles. The van der Waals surface area contributed by atoms with Crippen LogP contribution in [0.25, 0.3) is 17.2 Å². The molecule has 2 aliphatic rings. The predicted octanol–water partition coefficient (Wildman–Crippen LogP) is 3.68. The van der Waals surface area contributed by atoms with Crippen molar-refractivity contribution in [3.8, 4) is 16.9 Å². The van der Waals surface area contributed by atoms with Gasteiger partial charge in [-0.3, -0.25) is 9.69 Å². The minimum Gasteiger partial charge on any atom is -0.488 e. The minimum atomic E-state index is 0.113. The summed E-state index contributed by atoms with van der Waals surface area (Å²) >= 11 is 0. The van der Waals surface area contributed by atoms with E-state index in [0.717, 1.165) is 61.6 Å². The van der Waals surface area contributed by atoms with E-state index < -0.39 is 0 Å². The van der Waals surface area contributed by atoms with E-state index >= 15 is 0 Å². The van der Waals surface area contributed by atoms with Gasteiger partial charge in [-0.15, -0.1) is 0 Å². The van der Waals surface area contributed by atoms with E-state index in [1.807, 2.05) is 35.2 Å². The summed E-state index contributed by atoms with van der Waals surface area (Å²) in [7, 11) is 0. The Morgan fingerprint density at radius 1 is 1.00 bits per heavy atom. The molecule has 1 amide bonds. The van der Waals surface area contributed by atoms with E-state index in [0.29, 0.717) is 6.61 Å². The Kier molecular flexibility index (Phi) is 5.26. The molecule has 0 saturated carbocycles. The van der Waals surface area contributed by atoms with Crippen LogP contribution in [0.5, 0.6) is 5.75 Å². The Balaban J connectivity index is 1.51. The van der Waals surface area contributed by atoms with Crippen molar-refractivity contribution < 1.29 is 9.53 Å². The van der Waals surface area contributed by atoms with Crippen LogP contribution in [0.2, 0.25) is 0 Å². The van der Waals surface area contributed by atoms with Crippen LogP contribution in [0.15, 0.2) is 54.1 Å². The van der Waals surface area contributed by atoms with Crippen molar-refractivity contribution >= 4 is 12.0 Å². The molecule has 27 heavy (non-hydrogen) atoms. The van der Waals surface area contributed by atoms with Crippen molar-refractivity contribution in [1.29, 1.82) is 0 Å². The number of piperazine rings is 1. The molecule has 4 nitrogen and oxygen atoms in total. The molecule has 0 aliphatic carbocycles. The number of benzene rings is 2. The third-order valence-electron chi connectivity index (χ3n) is 5.30. The highest BCUT2D eigenvalue weighted by atomic mass is 16.5. The van der Waals surface area contributed by atoms with Gasteiger partial charge >= 0.3 is 0 Å². The third-order valence-corrected chi connectivity index (χ3v) is 5.30. The average molecular weight is 362 g/mol. The van der Waals surface area contributed by atoms with Gasteiger partial charge < -0.3 is 9.64 Å². The zero-order valence-corrected chi connectivity index (χ0v) is 15.9. The normalized spacial score (nSPS) is 17.1. The maximum absolute atomic E-state index is 12.9. The molecule has 0 unspecified atom stereocenters. The molecule has 1 saturated heterocycles. The number of carbonyl (C=O) groups is 1. The molecule has 4 heteroatoms. The van der Waals surface area contributed by atoms with Gasteiger partial charge in [-0.2, -0.15) is 0 Å². The summed E-state index contributed by atoms with van der Waals surface area (Å²) in [5, 5.41) is 0. The molecule has 2 aliphatic heterocycles. The first-order valence-electron chi connectivity index (χ1n) is 9.79. The highest BCUT2D eigenvalue weighted by Gasteiger charge is 2.25. The largest absolute Gasteiger partial charge is 0.488 e. The van der Waals surface area contributed by atoms with Gasteiger partial charge in [0.05, 0.1) is 5.57 Å². The summed E-state index contributed by atoms with van der Waals surface area (Å²) in [5.41, 5.74) is 4.03. The molecule has 0 bridgehead atoms. The fourth-order valence-electron chi connectivity index (χ4n) is 3.81. The zero-order chi connectivity index (χ0) is 18.6. The number of rotatable bonds is 4. The Bertz CT molecular complexity index is 837. The molecule has 2 aromatic carbocycles. The fourth-order valence-corrected chi connectivity index (χ4v) is 3.81. The van der Waals surface area contributed by atoms with Crippen LogP contribution in [-0.4, -0.2) is 55.0 Å². The van der Waals surface area contributed by atoms with Gasteiger partial charge in [-0.25, -0.2) is 0 Å². The summed E-state index contributed by atoms with van der Waals surface area (Å²) in [4.78, 5) is 17.3. The van der Waals surface area contributed by atoms with Gasteiger partial charge in [-0.1, -0.05) is 43.3 Å². The lowest BCUT2D eigenvalue weighted by molar-refractivity contribution is -0.129. The SMILES string of the molecule is CCCN1CCN(C(=O)C2=Cc3cc(-c4ccccc4)ccc3OC2)CC1. The summed E-state index contributed by atoms with van der Waals surface area (Å²) in [5.74, 6) is 0.959. The Labute approximate surface area is 161 Å². The molecular weight excluding hydrogens is 336 g/mol. The number of ether oxygens (including phenoxy) is 1. The van der Waals surface area contributed by atoms with Crippen molar-refractivity contribution in [2.45, 2.75) is 13.3 Å². The topological polar surface area (TPSA) is 32.8 Å². The van der Waals surface area contributed by atoms with Crippen LogP contribution >= 0.6 is 0 Å². The van der Waals surface area contributed by atoms with E-state index in [1.165, 1.54) is 5.56 Å². The van der Waals surface area contributed by atoms with Crippen LogP contribution in [0.4, 0.5) is 0 Å². The number of fused-ring (bicyclic) bond motifs is 1. The smallest absolute Gasteiger partial charge is 0.253 e. The van der Waals surface area contributed by atoms with E-state index in [4.69, 9.17) is 4.74 Å². The number of hydrogen-bond donors (Lipinski definition) is 0. The first-order valence-corrected chi connectivity index (χ1v) is 9.79. The van der Waals surface area contributed by atoms with Gasteiger partial charge in [0.1, 0.15) is 12.4 Å². The highest BCUT2D eigenvalue weighted by Crippen LogP contribution is 2.31. The minimum absolute atomic E-state index is 0.113. The lowest BCUT2D eigenvalue weighted by atomic mass is 9.99. The van der Waals surface area contributed by atoms with Crippen LogP contribution in [0, 0.1) is 0 Å². The standard InChI is InChI=1S/C23H26N2O2/c1-2-10-24-11-13-25(14-12-24)23(26)21-16-20-15-19(8-9-22(20)27-17-21)18-6-4-3-5-7-18/h3-9,15-16H,2,10-14,17H2,1H3. The molecule has 4 rings (SSSR count). The van der Waals surface area contributed by atoms with Crippen molar-refractivity contribution in [3.05, 3.63) is 59.7 Å².